The number of hydrogen-bond acceptors (Lipinski definition) is 3. The highest BCUT2D eigenvalue weighted by molar-refractivity contribution is 4.89. The normalized spacial score (nSPS) is 35.4. The van der Waals surface area contributed by atoms with Gasteiger partial charge < -0.3 is 15.7 Å². The van der Waals surface area contributed by atoms with E-state index in [1.165, 1.54) is 32.4 Å². The van der Waals surface area contributed by atoms with E-state index < -0.39 is 5.54 Å². The topological polar surface area (TPSA) is 49.5 Å². The first-order valence-electron chi connectivity index (χ1n) is 6.23. The molecule has 1 aliphatic heterocycles. The van der Waals surface area contributed by atoms with Crippen molar-refractivity contribution < 1.29 is 5.11 Å². The first kappa shape index (κ1) is 11.4. The lowest BCUT2D eigenvalue weighted by molar-refractivity contribution is 0.180. The smallest absolute Gasteiger partial charge is 0.0608 e. The lowest BCUT2D eigenvalue weighted by Gasteiger charge is -2.25. The zero-order chi connectivity index (χ0) is 10.9. The third-order valence-corrected chi connectivity index (χ3v) is 4.16. The van der Waals surface area contributed by atoms with Gasteiger partial charge in [-0.1, -0.05) is 6.42 Å². The van der Waals surface area contributed by atoms with Gasteiger partial charge in [-0.2, -0.15) is 0 Å². The SMILES string of the molecule is CC(N)(CO)CCN1CC2CCCC2C1. The first-order valence-corrected chi connectivity index (χ1v) is 6.23. The standard InChI is InChI=1S/C12H24N2O/c1-12(13,9-15)5-6-14-7-10-3-2-4-11(10)8-14/h10-11,15H,2-9,13H2,1H3. The third kappa shape index (κ3) is 2.71. The first-order chi connectivity index (χ1) is 7.11. The Balaban J connectivity index is 1.73. The number of rotatable bonds is 4. The molecular weight excluding hydrogens is 188 g/mol. The second kappa shape index (κ2) is 4.40. The van der Waals surface area contributed by atoms with E-state index in [9.17, 15) is 0 Å². The van der Waals surface area contributed by atoms with Gasteiger partial charge in [0.15, 0.2) is 0 Å². The van der Waals surface area contributed by atoms with Crippen LogP contribution < -0.4 is 5.73 Å². The van der Waals surface area contributed by atoms with E-state index in [1.807, 2.05) is 6.92 Å². The molecule has 0 amide bonds. The number of fused-ring (bicyclic) bond motifs is 1. The van der Waals surface area contributed by atoms with Crippen LogP contribution >= 0.6 is 0 Å². The van der Waals surface area contributed by atoms with Crippen LogP contribution in [0, 0.1) is 11.8 Å². The molecule has 1 saturated heterocycles. The van der Waals surface area contributed by atoms with Crippen LogP contribution in [-0.4, -0.2) is 41.8 Å². The second-order valence-electron chi connectivity index (χ2n) is 5.77. The molecule has 3 N–H and O–H groups in total. The molecule has 0 aromatic heterocycles. The molecule has 1 saturated carbocycles. The molecule has 2 rings (SSSR count). The monoisotopic (exact) mass is 212 g/mol. The highest BCUT2D eigenvalue weighted by Crippen LogP contribution is 2.37. The van der Waals surface area contributed by atoms with E-state index in [1.54, 1.807) is 0 Å². The fourth-order valence-electron chi connectivity index (χ4n) is 3.01. The van der Waals surface area contributed by atoms with Crippen molar-refractivity contribution in [1.29, 1.82) is 0 Å². The van der Waals surface area contributed by atoms with Crippen molar-refractivity contribution in [1.82, 2.24) is 4.90 Å². The molecule has 88 valence electrons. The Hall–Kier alpha value is -0.120. The number of aliphatic hydroxyl groups is 1. The quantitative estimate of drug-likeness (QED) is 0.725. The lowest BCUT2D eigenvalue weighted by atomic mass is 10.0. The lowest BCUT2D eigenvalue weighted by Crippen LogP contribution is -2.43. The molecule has 3 heteroatoms. The maximum Gasteiger partial charge on any atom is 0.0608 e. The predicted octanol–water partition coefficient (Wildman–Crippen LogP) is 0.818. The van der Waals surface area contributed by atoms with Crippen molar-refractivity contribution in [2.24, 2.45) is 17.6 Å². The van der Waals surface area contributed by atoms with Crippen molar-refractivity contribution in [2.45, 2.75) is 38.1 Å². The highest BCUT2D eigenvalue weighted by atomic mass is 16.3. The Bertz CT molecular complexity index is 206. The summed E-state index contributed by atoms with van der Waals surface area (Å²) in [6, 6.07) is 0. The number of hydrogen-bond donors (Lipinski definition) is 2. The Morgan fingerprint density at radius 3 is 2.47 bits per heavy atom. The van der Waals surface area contributed by atoms with Crippen molar-refractivity contribution in [3.05, 3.63) is 0 Å². The predicted molar refractivity (Wildman–Crippen MR) is 61.6 cm³/mol. The summed E-state index contributed by atoms with van der Waals surface area (Å²) in [6.07, 6.45) is 5.21. The molecule has 3 unspecified atom stereocenters. The van der Waals surface area contributed by atoms with Crippen molar-refractivity contribution >= 4 is 0 Å². The van der Waals surface area contributed by atoms with Gasteiger partial charge in [-0.3, -0.25) is 0 Å². The minimum atomic E-state index is -0.391. The van der Waals surface area contributed by atoms with Crippen LogP contribution in [-0.2, 0) is 0 Å². The van der Waals surface area contributed by atoms with Gasteiger partial charge in [0.2, 0.25) is 0 Å². The van der Waals surface area contributed by atoms with Gasteiger partial charge in [-0.05, 0) is 44.6 Å². The maximum absolute atomic E-state index is 9.09. The fraction of sp³-hybridized carbons (Fsp3) is 1.00. The number of nitrogens with zero attached hydrogens (tertiary/aromatic N) is 1. The van der Waals surface area contributed by atoms with Gasteiger partial charge in [-0.15, -0.1) is 0 Å². The van der Waals surface area contributed by atoms with Crippen LogP contribution in [0.25, 0.3) is 0 Å². The average Bonchev–Trinajstić information content (AvgIpc) is 2.74. The van der Waals surface area contributed by atoms with Gasteiger partial charge in [0.05, 0.1) is 6.61 Å². The summed E-state index contributed by atoms with van der Waals surface area (Å²) in [5, 5.41) is 9.09. The van der Waals surface area contributed by atoms with Gasteiger partial charge >= 0.3 is 0 Å². The summed E-state index contributed by atoms with van der Waals surface area (Å²) < 4.78 is 0. The minimum absolute atomic E-state index is 0.0910. The Kier molecular flexibility index (Phi) is 3.33. The van der Waals surface area contributed by atoms with E-state index in [-0.39, 0.29) is 6.61 Å². The van der Waals surface area contributed by atoms with Crippen molar-refractivity contribution in [3.8, 4) is 0 Å². The van der Waals surface area contributed by atoms with Crippen LogP contribution in [0.3, 0.4) is 0 Å². The molecule has 0 bridgehead atoms. The summed E-state index contributed by atoms with van der Waals surface area (Å²) in [7, 11) is 0. The van der Waals surface area contributed by atoms with Gasteiger partial charge in [-0.25, -0.2) is 0 Å². The number of likely N-dealkylation sites (tertiary alicyclic amines) is 1. The van der Waals surface area contributed by atoms with E-state index in [4.69, 9.17) is 10.8 Å². The maximum atomic E-state index is 9.09. The summed E-state index contributed by atoms with van der Waals surface area (Å²) in [5.74, 6) is 1.92. The van der Waals surface area contributed by atoms with Crippen LogP contribution in [0.2, 0.25) is 0 Å². The fourth-order valence-corrected chi connectivity index (χ4v) is 3.01. The minimum Gasteiger partial charge on any atom is -0.394 e. The summed E-state index contributed by atoms with van der Waals surface area (Å²) in [5.41, 5.74) is 5.54. The van der Waals surface area contributed by atoms with Crippen LogP contribution in [0.1, 0.15) is 32.6 Å². The third-order valence-electron chi connectivity index (χ3n) is 4.16. The van der Waals surface area contributed by atoms with Gasteiger partial charge in [0.1, 0.15) is 0 Å². The largest absolute Gasteiger partial charge is 0.394 e. The number of nitrogens with two attached hydrogens (primary N) is 1. The van der Waals surface area contributed by atoms with Crippen LogP contribution in [0.4, 0.5) is 0 Å². The van der Waals surface area contributed by atoms with Crippen LogP contribution in [0.15, 0.2) is 0 Å². The highest BCUT2D eigenvalue weighted by Gasteiger charge is 2.36. The molecular formula is C12H24N2O. The van der Waals surface area contributed by atoms with Crippen LogP contribution in [0.5, 0.6) is 0 Å². The summed E-state index contributed by atoms with van der Waals surface area (Å²) in [4.78, 5) is 2.54. The molecule has 2 aliphatic rings. The summed E-state index contributed by atoms with van der Waals surface area (Å²) >= 11 is 0. The molecule has 1 aliphatic carbocycles. The molecule has 0 radical (unpaired) electrons. The van der Waals surface area contributed by atoms with E-state index in [0.717, 1.165) is 24.8 Å². The molecule has 3 nitrogen and oxygen atoms in total. The molecule has 15 heavy (non-hydrogen) atoms. The van der Waals surface area contributed by atoms with E-state index >= 15 is 0 Å². The zero-order valence-electron chi connectivity index (χ0n) is 9.78. The summed E-state index contributed by atoms with van der Waals surface area (Å²) in [6.45, 7) is 5.62. The molecule has 0 aromatic rings. The Labute approximate surface area is 92.6 Å². The molecule has 2 fully saturated rings. The molecule has 1 heterocycles. The van der Waals surface area contributed by atoms with Crippen molar-refractivity contribution in [3.63, 3.8) is 0 Å². The molecule has 0 spiro atoms. The number of aliphatic hydroxyl groups excluding tert-OH is 1. The Morgan fingerprint density at radius 1 is 1.33 bits per heavy atom. The van der Waals surface area contributed by atoms with Gasteiger partial charge in [0, 0.05) is 18.6 Å². The molecule has 0 aromatic carbocycles. The zero-order valence-corrected chi connectivity index (χ0v) is 9.78. The van der Waals surface area contributed by atoms with Gasteiger partial charge in [0.25, 0.3) is 0 Å². The Morgan fingerprint density at radius 2 is 1.93 bits per heavy atom. The van der Waals surface area contributed by atoms with Crippen molar-refractivity contribution in [2.75, 3.05) is 26.2 Å². The second-order valence-corrected chi connectivity index (χ2v) is 5.77. The average molecular weight is 212 g/mol. The molecule has 3 atom stereocenters. The van der Waals surface area contributed by atoms with E-state index in [0.29, 0.717) is 0 Å². The van der Waals surface area contributed by atoms with E-state index in [2.05, 4.69) is 4.90 Å².